The van der Waals surface area contributed by atoms with Crippen molar-refractivity contribution in [3.05, 3.63) is 89.4 Å². The number of hydrogen-bond donors (Lipinski definition) is 2. The van der Waals surface area contributed by atoms with Gasteiger partial charge in [-0.1, -0.05) is 28.1 Å². The third-order valence-electron chi connectivity index (χ3n) is 4.29. The Hall–Kier alpha value is -3.61. The van der Waals surface area contributed by atoms with Gasteiger partial charge < -0.3 is 9.73 Å². The molecular formula is C22H15BrN4O3S. The van der Waals surface area contributed by atoms with Gasteiger partial charge in [0, 0.05) is 22.0 Å². The number of hydrogen-bond acceptors (Lipinski definition) is 6. The van der Waals surface area contributed by atoms with Gasteiger partial charge in [0.25, 0.3) is 10.0 Å². The molecule has 0 saturated heterocycles. The van der Waals surface area contributed by atoms with E-state index in [4.69, 9.17) is 4.42 Å². The van der Waals surface area contributed by atoms with Crippen LogP contribution in [0.5, 0.6) is 0 Å². The molecule has 0 bridgehead atoms. The molecule has 0 atom stereocenters. The molecule has 1 aromatic heterocycles. The zero-order valence-corrected chi connectivity index (χ0v) is 18.3. The first-order valence-corrected chi connectivity index (χ1v) is 11.3. The fraction of sp³-hybridized carbons (Fsp3) is 0. The summed E-state index contributed by atoms with van der Waals surface area (Å²) in [5.74, 6) is 0.203. The Morgan fingerprint density at radius 1 is 1.00 bits per heavy atom. The summed E-state index contributed by atoms with van der Waals surface area (Å²) in [6.07, 6.45) is 1.47. The average Bonchev–Trinajstić information content (AvgIpc) is 3.20. The molecule has 0 saturated carbocycles. The van der Waals surface area contributed by atoms with Crippen molar-refractivity contribution in [3.8, 4) is 6.07 Å². The number of nitriles is 1. The Morgan fingerprint density at radius 3 is 2.35 bits per heavy atom. The molecule has 4 aromatic rings. The Labute approximate surface area is 187 Å². The highest BCUT2D eigenvalue weighted by molar-refractivity contribution is 9.10. The third kappa shape index (κ3) is 4.77. The maximum absolute atomic E-state index is 12.6. The van der Waals surface area contributed by atoms with Crippen LogP contribution in [0.4, 0.5) is 11.4 Å². The third-order valence-corrected chi connectivity index (χ3v) is 6.21. The first-order chi connectivity index (χ1) is 14.9. The van der Waals surface area contributed by atoms with E-state index < -0.39 is 10.0 Å². The van der Waals surface area contributed by atoms with Gasteiger partial charge in [-0.2, -0.15) is 5.26 Å². The fourth-order valence-electron chi connectivity index (χ4n) is 2.75. The van der Waals surface area contributed by atoms with Gasteiger partial charge in [-0.3, -0.25) is 4.72 Å². The summed E-state index contributed by atoms with van der Waals surface area (Å²) in [6.45, 7) is 0. The van der Waals surface area contributed by atoms with Crippen molar-refractivity contribution in [2.24, 2.45) is 0 Å². The molecule has 9 heteroatoms. The molecular weight excluding hydrogens is 480 g/mol. The molecule has 7 nitrogen and oxygen atoms in total. The summed E-state index contributed by atoms with van der Waals surface area (Å²) in [4.78, 5) is 4.42. The molecule has 0 radical (unpaired) electrons. The predicted molar refractivity (Wildman–Crippen MR) is 123 cm³/mol. The molecule has 3 aromatic carbocycles. The highest BCUT2D eigenvalue weighted by atomic mass is 79.9. The SMILES string of the molecule is N#CC(=CNc1ccc(S(=O)(=O)Nc2ccc(Br)cc2)cc1)c1nc2ccccc2o1. The molecule has 0 fully saturated rings. The Kier molecular flexibility index (Phi) is 5.75. The summed E-state index contributed by atoms with van der Waals surface area (Å²) in [6, 6.07) is 22.3. The van der Waals surface area contributed by atoms with Crippen LogP contribution < -0.4 is 10.0 Å². The molecule has 0 aliphatic heterocycles. The van der Waals surface area contributed by atoms with Gasteiger partial charge in [0.1, 0.15) is 17.2 Å². The van der Waals surface area contributed by atoms with Crippen molar-refractivity contribution in [2.75, 3.05) is 10.0 Å². The monoisotopic (exact) mass is 494 g/mol. The average molecular weight is 495 g/mol. The maximum Gasteiger partial charge on any atom is 0.261 e. The second-order valence-corrected chi connectivity index (χ2v) is 9.04. The van der Waals surface area contributed by atoms with Gasteiger partial charge in [-0.15, -0.1) is 0 Å². The van der Waals surface area contributed by atoms with Crippen LogP contribution in [0.1, 0.15) is 5.89 Å². The molecule has 2 N–H and O–H groups in total. The molecule has 0 aliphatic rings. The molecule has 4 rings (SSSR count). The number of sulfonamides is 1. The smallest absolute Gasteiger partial charge is 0.261 e. The van der Waals surface area contributed by atoms with Crippen LogP contribution >= 0.6 is 15.9 Å². The van der Waals surface area contributed by atoms with E-state index in [0.29, 0.717) is 22.5 Å². The summed E-state index contributed by atoms with van der Waals surface area (Å²) in [5.41, 5.74) is 2.53. The first-order valence-electron chi connectivity index (χ1n) is 9.06. The number of rotatable bonds is 6. The maximum atomic E-state index is 12.6. The van der Waals surface area contributed by atoms with E-state index in [-0.39, 0.29) is 16.4 Å². The number of aromatic nitrogens is 1. The zero-order chi connectivity index (χ0) is 21.8. The normalized spacial score (nSPS) is 11.8. The first kappa shape index (κ1) is 20.7. The summed E-state index contributed by atoms with van der Waals surface area (Å²) < 4.78 is 34.1. The molecule has 31 heavy (non-hydrogen) atoms. The number of anilines is 2. The van der Waals surface area contributed by atoms with Gasteiger partial charge >= 0.3 is 0 Å². The van der Waals surface area contributed by atoms with Gasteiger partial charge in [0.05, 0.1) is 4.90 Å². The molecule has 154 valence electrons. The van der Waals surface area contributed by atoms with Gasteiger partial charge in [-0.25, -0.2) is 13.4 Å². The van der Waals surface area contributed by atoms with E-state index in [1.165, 1.54) is 18.3 Å². The van der Waals surface area contributed by atoms with E-state index in [9.17, 15) is 13.7 Å². The van der Waals surface area contributed by atoms with Crippen molar-refractivity contribution >= 4 is 54.0 Å². The topological polar surface area (TPSA) is 108 Å². The van der Waals surface area contributed by atoms with Crippen molar-refractivity contribution in [2.45, 2.75) is 4.90 Å². The summed E-state index contributed by atoms with van der Waals surface area (Å²) in [5, 5.41) is 12.4. The van der Waals surface area contributed by atoms with Gasteiger partial charge in [-0.05, 0) is 60.7 Å². The lowest BCUT2D eigenvalue weighted by atomic mass is 10.3. The minimum Gasteiger partial charge on any atom is -0.435 e. The van der Waals surface area contributed by atoms with Crippen molar-refractivity contribution < 1.29 is 12.8 Å². The zero-order valence-electron chi connectivity index (χ0n) is 15.9. The minimum atomic E-state index is -3.72. The lowest BCUT2D eigenvalue weighted by Crippen LogP contribution is -2.12. The largest absolute Gasteiger partial charge is 0.435 e. The lowest BCUT2D eigenvalue weighted by Gasteiger charge is -2.09. The fourth-order valence-corrected chi connectivity index (χ4v) is 4.07. The number of nitrogens with zero attached hydrogens (tertiary/aromatic N) is 2. The standard InChI is InChI=1S/C22H15BrN4O3S/c23-16-5-7-18(8-6-16)27-31(28,29)19-11-9-17(10-12-19)25-14-15(13-24)22-26-20-3-1-2-4-21(20)30-22/h1-12,14,25,27H. The van der Waals surface area contributed by atoms with Crippen molar-refractivity contribution in [1.82, 2.24) is 4.98 Å². The van der Waals surface area contributed by atoms with E-state index in [1.54, 1.807) is 48.5 Å². The number of para-hydroxylation sites is 2. The number of fused-ring (bicyclic) bond motifs is 1. The van der Waals surface area contributed by atoms with E-state index >= 15 is 0 Å². The Morgan fingerprint density at radius 2 is 1.68 bits per heavy atom. The second kappa shape index (κ2) is 8.63. The highest BCUT2D eigenvalue weighted by Crippen LogP contribution is 2.22. The Balaban J connectivity index is 1.49. The number of nitrogens with one attached hydrogen (secondary N) is 2. The van der Waals surface area contributed by atoms with Crippen LogP contribution in [0.2, 0.25) is 0 Å². The van der Waals surface area contributed by atoms with Gasteiger partial charge in [0.15, 0.2) is 5.58 Å². The van der Waals surface area contributed by atoms with Gasteiger partial charge in [0.2, 0.25) is 5.89 Å². The van der Waals surface area contributed by atoms with E-state index in [1.807, 2.05) is 18.2 Å². The van der Waals surface area contributed by atoms with Crippen LogP contribution in [0, 0.1) is 11.3 Å². The second-order valence-electron chi connectivity index (χ2n) is 6.44. The molecule has 0 amide bonds. The van der Waals surface area contributed by atoms with Crippen LogP contribution in [0.25, 0.3) is 16.7 Å². The van der Waals surface area contributed by atoms with Crippen LogP contribution in [-0.2, 0) is 10.0 Å². The quantitative estimate of drug-likeness (QED) is 0.349. The van der Waals surface area contributed by atoms with E-state index in [2.05, 4.69) is 31.0 Å². The van der Waals surface area contributed by atoms with Crippen LogP contribution in [-0.4, -0.2) is 13.4 Å². The minimum absolute atomic E-state index is 0.115. The molecule has 0 aliphatic carbocycles. The summed E-state index contributed by atoms with van der Waals surface area (Å²) >= 11 is 3.31. The molecule has 1 heterocycles. The van der Waals surface area contributed by atoms with Crippen LogP contribution in [0.3, 0.4) is 0 Å². The predicted octanol–water partition coefficient (Wildman–Crippen LogP) is 5.37. The lowest BCUT2D eigenvalue weighted by molar-refractivity contribution is 0.586. The van der Waals surface area contributed by atoms with Crippen molar-refractivity contribution in [3.63, 3.8) is 0 Å². The highest BCUT2D eigenvalue weighted by Gasteiger charge is 2.14. The number of oxazole rings is 1. The van der Waals surface area contributed by atoms with E-state index in [0.717, 1.165) is 4.47 Å². The summed E-state index contributed by atoms with van der Waals surface area (Å²) in [7, 11) is -3.72. The van der Waals surface area contributed by atoms with Crippen molar-refractivity contribution in [1.29, 1.82) is 5.26 Å². The number of halogens is 1. The molecule has 0 spiro atoms. The number of benzene rings is 3. The Bertz CT molecular complexity index is 1370. The van der Waals surface area contributed by atoms with Crippen LogP contribution in [0.15, 0.2) is 92.8 Å². The molecule has 0 unspecified atom stereocenters. The number of allylic oxidation sites excluding steroid dienone is 1.